The summed E-state index contributed by atoms with van der Waals surface area (Å²) in [7, 11) is 0. The summed E-state index contributed by atoms with van der Waals surface area (Å²) < 4.78 is 0. The van der Waals surface area contributed by atoms with Gasteiger partial charge in [-0.3, -0.25) is 4.79 Å². The quantitative estimate of drug-likeness (QED) is 0.837. The van der Waals surface area contributed by atoms with E-state index in [-0.39, 0.29) is 11.2 Å². The van der Waals surface area contributed by atoms with Crippen LogP contribution < -0.4 is 5.32 Å². The lowest BCUT2D eigenvalue weighted by Gasteiger charge is -2.13. The number of benzene rings is 1. The maximum atomic E-state index is 12.3. The first-order valence-corrected chi connectivity index (χ1v) is 8.28. The zero-order chi connectivity index (χ0) is 17.0. The molecule has 1 N–H and O–H groups in total. The zero-order valence-electron chi connectivity index (χ0n) is 13.1. The third-order valence-corrected chi connectivity index (χ3v) is 4.53. The Labute approximate surface area is 144 Å². The molecule has 0 aliphatic heterocycles. The standard InChI is InChI=1S/C17H16ClN3OS/c1-10-8-11(2)20-17(15(10)9-19)23-12(3)16(22)21-14-6-4-13(18)5-7-14/h4-8,12H,1-3H3,(H,21,22)/t12-/m1/s1. The number of aromatic nitrogens is 1. The number of nitrogens with one attached hydrogen (secondary N) is 1. The minimum Gasteiger partial charge on any atom is -0.325 e. The number of nitrogens with zero attached hydrogens (tertiary/aromatic N) is 2. The smallest absolute Gasteiger partial charge is 0.237 e. The summed E-state index contributed by atoms with van der Waals surface area (Å²) in [5.41, 5.74) is 2.90. The Morgan fingerprint density at radius 3 is 2.61 bits per heavy atom. The predicted molar refractivity (Wildman–Crippen MR) is 93.8 cm³/mol. The Hall–Kier alpha value is -2.03. The van der Waals surface area contributed by atoms with E-state index < -0.39 is 0 Å². The molecule has 1 aromatic carbocycles. The highest BCUT2D eigenvalue weighted by atomic mass is 35.5. The van der Waals surface area contributed by atoms with Crippen LogP contribution >= 0.6 is 23.4 Å². The molecule has 1 atom stereocenters. The first-order chi connectivity index (χ1) is 10.9. The average Bonchev–Trinajstić information content (AvgIpc) is 2.49. The molecule has 0 saturated carbocycles. The minimum atomic E-state index is -0.383. The van der Waals surface area contributed by atoms with Crippen molar-refractivity contribution in [3.05, 3.63) is 52.2 Å². The largest absolute Gasteiger partial charge is 0.325 e. The molecular weight excluding hydrogens is 330 g/mol. The van der Waals surface area contributed by atoms with E-state index in [1.54, 1.807) is 31.2 Å². The Balaban J connectivity index is 2.12. The van der Waals surface area contributed by atoms with E-state index in [9.17, 15) is 10.1 Å². The fourth-order valence-corrected chi connectivity index (χ4v) is 3.17. The second kappa shape index (κ2) is 7.49. The molecule has 4 nitrogen and oxygen atoms in total. The topological polar surface area (TPSA) is 65.8 Å². The van der Waals surface area contributed by atoms with Gasteiger partial charge in [0.15, 0.2) is 0 Å². The highest BCUT2D eigenvalue weighted by Gasteiger charge is 2.18. The van der Waals surface area contributed by atoms with Crippen molar-refractivity contribution in [2.45, 2.75) is 31.0 Å². The van der Waals surface area contributed by atoms with Gasteiger partial charge >= 0.3 is 0 Å². The number of halogens is 1. The lowest BCUT2D eigenvalue weighted by Crippen LogP contribution is -2.22. The van der Waals surface area contributed by atoms with E-state index in [2.05, 4.69) is 16.4 Å². The lowest BCUT2D eigenvalue weighted by molar-refractivity contribution is -0.115. The van der Waals surface area contributed by atoms with Crippen LogP contribution in [0.5, 0.6) is 0 Å². The third kappa shape index (κ3) is 4.47. The number of thioether (sulfide) groups is 1. The van der Waals surface area contributed by atoms with Crippen molar-refractivity contribution in [3.63, 3.8) is 0 Å². The number of rotatable bonds is 4. The second-order valence-electron chi connectivity index (χ2n) is 5.13. The van der Waals surface area contributed by atoms with E-state index >= 15 is 0 Å². The van der Waals surface area contributed by atoms with Crippen molar-refractivity contribution in [2.75, 3.05) is 5.32 Å². The summed E-state index contributed by atoms with van der Waals surface area (Å²) in [6.07, 6.45) is 0. The van der Waals surface area contributed by atoms with Crippen molar-refractivity contribution < 1.29 is 4.79 Å². The van der Waals surface area contributed by atoms with Crippen LogP contribution in [0.1, 0.15) is 23.7 Å². The third-order valence-electron chi connectivity index (χ3n) is 3.19. The normalized spacial score (nSPS) is 11.6. The number of amides is 1. The van der Waals surface area contributed by atoms with Crippen LogP contribution in [0.4, 0.5) is 5.69 Å². The first kappa shape index (κ1) is 17.3. The monoisotopic (exact) mass is 345 g/mol. The number of nitriles is 1. The summed E-state index contributed by atoms with van der Waals surface area (Å²) >= 11 is 7.11. The Morgan fingerprint density at radius 1 is 1.35 bits per heavy atom. The number of carbonyl (C=O) groups is 1. The second-order valence-corrected chi connectivity index (χ2v) is 6.89. The number of hydrogen-bond donors (Lipinski definition) is 1. The number of pyridine rings is 1. The minimum absolute atomic E-state index is 0.151. The van der Waals surface area contributed by atoms with Gasteiger partial charge in [-0.05, 0) is 56.7 Å². The Kier molecular flexibility index (Phi) is 5.64. The molecule has 0 unspecified atom stereocenters. The number of carbonyl (C=O) groups excluding carboxylic acids is 1. The Morgan fingerprint density at radius 2 is 2.00 bits per heavy atom. The van der Waals surface area contributed by atoms with E-state index in [0.29, 0.717) is 21.3 Å². The molecule has 1 aromatic heterocycles. The van der Waals surface area contributed by atoms with Crippen molar-refractivity contribution in [3.8, 4) is 6.07 Å². The van der Waals surface area contributed by atoms with Gasteiger partial charge in [0, 0.05) is 16.4 Å². The molecule has 0 radical (unpaired) electrons. The first-order valence-electron chi connectivity index (χ1n) is 7.02. The van der Waals surface area contributed by atoms with Crippen LogP contribution in [0, 0.1) is 25.2 Å². The van der Waals surface area contributed by atoms with Gasteiger partial charge in [0.25, 0.3) is 0 Å². The molecular formula is C17H16ClN3OS. The van der Waals surface area contributed by atoms with Crippen molar-refractivity contribution in [1.29, 1.82) is 5.26 Å². The number of aryl methyl sites for hydroxylation is 2. The molecule has 2 aromatic rings. The van der Waals surface area contributed by atoms with Crippen LogP contribution in [-0.2, 0) is 4.79 Å². The van der Waals surface area contributed by atoms with Gasteiger partial charge in [-0.15, -0.1) is 0 Å². The maximum absolute atomic E-state index is 12.3. The molecule has 0 saturated heterocycles. The highest BCUT2D eigenvalue weighted by Crippen LogP contribution is 2.28. The summed E-state index contributed by atoms with van der Waals surface area (Å²) in [6, 6.07) is 10.9. The van der Waals surface area contributed by atoms with Crippen LogP contribution in [0.3, 0.4) is 0 Å². The van der Waals surface area contributed by atoms with E-state index in [0.717, 1.165) is 11.3 Å². The van der Waals surface area contributed by atoms with Crippen LogP contribution in [0.2, 0.25) is 5.02 Å². The van der Waals surface area contributed by atoms with Crippen LogP contribution in [-0.4, -0.2) is 16.1 Å². The molecule has 0 aliphatic carbocycles. The molecule has 0 fully saturated rings. The summed E-state index contributed by atoms with van der Waals surface area (Å²) in [6.45, 7) is 5.53. The van der Waals surface area contributed by atoms with Gasteiger partial charge < -0.3 is 5.32 Å². The molecule has 118 valence electrons. The maximum Gasteiger partial charge on any atom is 0.237 e. The summed E-state index contributed by atoms with van der Waals surface area (Å²) in [5.74, 6) is -0.151. The molecule has 2 rings (SSSR count). The zero-order valence-corrected chi connectivity index (χ0v) is 14.6. The fraction of sp³-hybridized carbons (Fsp3) is 0.235. The molecule has 23 heavy (non-hydrogen) atoms. The van der Waals surface area contributed by atoms with Gasteiger partial charge in [-0.1, -0.05) is 23.4 Å². The summed E-state index contributed by atoms with van der Waals surface area (Å²) in [4.78, 5) is 16.7. The van der Waals surface area contributed by atoms with E-state index in [1.807, 2.05) is 19.9 Å². The van der Waals surface area contributed by atoms with Gasteiger partial charge in [0.2, 0.25) is 5.91 Å². The number of hydrogen-bond acceptors (Lipinski definition) is 4. The van der Waals surface area contributed by atoms with Gasteiger partial charge in [-0.25, -0.2) is 4.98 Å². The average molecular weight is 346 g/mol. The molecule has 0 spiro atoms. The predicted octanol–water partition coefficient (Wildman–Crippen LogP) is 4.34. The fourth-order valence-electron chi connectivity index (χ4n) is 2.02. The van der Waals surface area contributed by atoms with Crippen LogP contribution in [0.25, 0.3) is 0 Å². The molecule has 0 bridgehead atoms. The lowest BCUT2D eigenvalue weighted by atomic mass is 10.1. The molecule has 6 heteroatoms. The van der Waals surface area contributed by atoms with Crippen molar-refractivity contribution >= 4 is 35.0 Å². The van der Waals surface area contributed by atoms with Gasteiger partial charge in [0.05, 0.1) is 10.8 Å². The van der Waals surface area contributed by atoms with Gasteiger partial charge in [-0.2, -0.15) is 5.26 Å². The van der Waals surface area contributed by atoms with Crippen molar-refractivity contribution in [2.24, 2.45) is 0 Å². The Bertz CT molecular complexity index is 769. The highest BCUT2D eigenvalue weighted by molar-refractivity contribution is 8.00. The van der Waals surface area contributed by atoms with E-state index in [4.69, 9.17) is 11.6 Å². The van der Waals surface area contributed by atoms with Crippen molar-refractivity contribution in [1.82, 2.24) is 4.98 Å². The van der Waals surface area contributed by atoms with Gasteiger partial charge in [0.1, 0.15) is 11.1 Å². The number of anilines is 1. The van der Waals surface area contributed by atoms with E-state index in [1.165, 1.54) is 11.8 Å². The molecule has 1 amide bonds. The SMILES string of the molecule is Cc1cc(C)c(C#N)c(S[C@H](C)C(=O)Nc2ccc(Cl)cc2)n1. The summed E-state index contributed by atoms with van der Waals surface area (Å²) in [5, 5.41) is 12.9. The molecule has 1 heterocycles. The molecule has 0 aliphatic rings. The van der Waals surface area contributed by atoms with Crippen LogP contribution in [0.15, 0.2) is 35.4 Å².